The Kier molecular flexibility index (Phi) is 3.09. The Labute approximate surface area is 139 Å². The van der Waals surface area contributed by atoms with Gasteiger partial charge in [-0.3, -0.25) is 14.4 Å². The Balaban J connectivity index is 1.99. The molecule has 0 amide bonds. The highest BCUT2D eigenvalue weighted by Crippen LogP contribution is 2.54. The molecule has 0 aliphatic heterocycles. The Morgan fingerprint density at radius 2 is 2.08 bits per heavy atom. The van der Waals surface area contributed by atoms with Crippen molar-refractivity contribution >= 4 is 17.9 Å². The summed E-state index contributed by atoms with van der Waals surface area (Å²) in [7, 11) is 1.55. The van der Waals surface area contributed by atoms with Crippen LogP contribution in [-0.4, -0.2) is 35.7 Å². The highest BCUT2D eigenvalue weighted by atomic mass is 16.5. The monoisotopic (exact) mass is 326 g/mol. The van der Waals surface area contributed by atoms with Crippen LogP contribution in [-0.2, 0) is 4.74 Å². The van der Waals surface area contributed by atoms with Crippen LogP contribution in [0.2, 0.25) is 0 Å². The van der Waals surface area contributed by atoms with Crippen molar-refractivity contribution in [1.82, 2.24) is 0 Å². The number of carbonyl (C=O) groups excluding carboxylic acids is 3. The van der Waals surface area contributed by atoms with Crippen molar-refractivity contribution in [2.45, 2.75) is 25.4 Å². The van der Waals surface area contributed by atoms with Crippen LogP contribution in [0.4, 0.5) is 0 Å². The smallest absolute Gasteiger partial charge is 0.174 e. The number of hydrogen-bond donors (Lipinski definition) is 1. The number of Topliss-reactive ketones (excluding diaryl/α,β-unsaturated/α-hetero) is 2. The fourth-order valence-electron chi connectivity index (χ4n) is 4.74. The molecule has 5 heteroatoms. The first-order chi connectivity index (χ1) is 11.4. The minimum absolute atomic E-state index is 0.0184. The van der Waals surface area contributed by atoms with Crippen LogP contribution in [0.15, 0.2) is 18.2 Å². The zero-order chi connectivity index (χ0) is 17.2. The molecule has 24 heavy (non-hydrogen) atoms. The molecule has 124 valence electrons. The third-order valence-electron chi connectivity index (χ3n) is 5.98. The summed E-state index contributed by atoms with van der Waals surface area (Å²) >= 11 is 0. The molecular weight excluding hydrogens is 308 g/mol. The van der Waals surface area contributed by atoms with Gasteiger partial charge in [0.25, 0.3) is 0 Å². The minimum atomic E-state index is -0.803. The number of aromatic hydroxyl groups is 1. The molecule has 0 aromatic heterocycles. The third kappa shape index (κ3) is 1.65. The highest BCUT2D eigenvalue weighted by molar-refractivity contribution is 6.19. The van der Waals surface area contributed by atoms with Crippen LogP contribution < -0.4 is 0 Å². The number of carbonyl (C=O) groups is 3. The van der Waals surface area contributed by atoms with Gasteiger partial charge in [-0.2, -0.15) is 0 Å². The lowest BCUT2D eigenvalue weighted by Gasteiger charge is -2.52. The van der Waals surface area contributed by atoms with Crippen LogP contribution in [0.3, 0.4) is 0 Å². The number of rotatable bonds is 2. The lowest BCUT2D eigenvalue weighted by Crippen LogP contribution is -2.58. The Bertz CT molecular complexity index is 822. The molecular formula is C19H18O5. The summed E-state index contributed by atoms with van der Waals surface area (Å²) in [6.45, 7) is 1.65. The predicted octanol–water partition coefficient (Wildman–Crippen LogP) is 2.49. The van der Waals surface area contributed by atoms with Crippen molar-refractivity contribution in [3.63, 3.8) is 0 Å². The molecule has 0 heterocycles. The fraction of sp³-hybridized carbons (Fsp3) is 0.421. The van der Waals surface area contributed by atoms with Crippen LogP contribution in [0.25, 0.3) is 0 Å². The molecule has 0 radical (unpaired) electrons. The largest absolute Gasteiger partial charge is 0.506 e. The average Bonchev–Trinajstić information content (AvgIpc) is 2.59. The normalized spacial score (nSPS) is 33.3. The Morgan fingerprint density at radius 1 is 1.33 bits per heavy atom. The lowest BCUT2D eigenvalue weighted by atomic mass is 9.53. The van der Waals surface area contributed by atoms with Crippen molar-refractivity contribution in [3.05, 3.63) is 40.5 Å². The van der Waals surface area contributed by atoms with Gasteiger partial charge in [-0.15, -0.1) is 0 Å². The molecule has 1 fully saturated rings. The van der Waals surface area contributed by atoms with E-state index in [1.54, 1.807) is 20.1 Å². The van der Waals surface area contributed by atoms with Crippen molar-refractivity contribution in [3.8, 4) is 5.75 Å². The molecule has 4 aliphatic rings. The summed E-state index contributed by atoms with van der Waals surface area (Å²) in [5, 5.41) is 10.5. The molecule has 1 N–H and O–H groups in total. The minimum Gasteiger partial charge on any atom is -0.506 e. The van der Waals surface area contributed by atoms with E-state index < -0.39 is 17.4 Å². The van der Waals surface area contributed by atoms with Gasteiger partial charge in [0.05, 0.1) is 22.6 Å². The first-order valence-electron chi connectivity index (χ1n) is 8.10. The molecule has 4 aliphatic carbocycles. The molecule has 4 unspecified atom stereocenters. The van der Waals surface area contributed by atoms with E-state index in [2.05, 4.69) is 0 Å². The zero-order valence-corrected chi connectivity index (χ0v) is 13.5. The van der Waals surface area contributed by atoms with E-state index >= 15 is 0 Å². The maximum absolute atomic E-state index is 13.2. The highest BCUT2D eigenvalue weighted by Gasteiger charge is 2.59. The van der Waals surface area contributed by atoms with Crippen LogP contribution >= 0.6 is 0 Å². The summed E-state index contributed by atoms with van der Waals surface area (Å²) in [6.07, 6.45) is 5.87. The van der Waals surface area contributed by atoms with E-state index in [4.69, 9.17) is 4.74 Å². The van der Waals surface area contributed by atoms with Gasteiger partial charge in [-0.25, -0.2) is 0 Å². The molecule has 5 nitrogen and oxygen atoms in total. The topological polar surface area (TPSA) is 80.7 Å². The van der Waals surface area contributed by atoms with Gasteiger partial charge >= 0.3 is 0 Å². The third-order valence-corrected chi connectivity index (χ3v) is 5.98. The number of phenolic OH excluding ortho intramolecular Hbond substituents is 1. The molecule has 0 spiro atoms. The van der Waals surface area contributed by atoms with Gasteiger partial charge in [0.1, 0.15) is 5.75 Å². The molecule has 1 saturated carbocycles. The van der Waals surface area contributed by atoms with E-state index in [0.29, 0.717) is 18.3 Å². The standard InChI is InChI=1S/C19H18O5/c1-9-7-11-14(17(22)12(9)8-20)18(23)15-13(16(11)21)10-3-5-19(15,24-2)6-4-10/h3,5,7-8,10,13,15,22H,4,6H2,1-2H3. The van der Waals surface area contributed by atoms with Gasteiger partial charge in [0.15, 0.2) is 17.9 Å². The van der Waals surface area contributed by atoms with Crippen LogP contribution in [0.5, 0.6) is 5.75 Å². The first kappa shape index (κ1) is 15.3. The van der Waals surface area contributed by atoms with E-state index in [1.165, 1.54) is 0 Å². The number of ether oxygens (including phenoxy) is 1. The summed E-state index contributed by atoms with van der Waals surface area (Å²) in [5.74, 6) is -1.89. The van der Waals surface area contributed by atoms with Gasteiger partial charge < -0.3 is 9.84 Å². The summed E-state index contributed by atoms with van der Waals surface area (Å²) < 4.78 is 5.68. The lowest BCUT2D eigenvalue weighted by molar-refractivity contribution is -0.0692. The van der Waals surface area contributed by atoms with Crippen molar-refractivity contribution in [1.29, 1.82) is 0 Å². The Morgan fingerprint density at radius 3 is 2.67 bits per heavy atom. The zero-order valence-electron chi connectivity index (χ0n) is 13.5. The SMILES string of the molecule is COC12C=CC(CC1)C1C(=O)c3cc(C)c(C=O)c(O)c3C(=O)C12. The van der Waals surface area contributed by atoms with Crippen molar-refractivity contribution < 1.29 is 24.2 Å². The number of aryl methyl sites for hydroxylation is 1. The average molecular weight is 326 g/mol. The van der Waals surface area contributed by atoms with E-state index in [-0.39, 0.29) is 39.9 Å². The maximum atomic E-state index is 13.2. The predicted molar refractivity (Wildman–Crippen MR) is 85.5 cm³/mol. The van der Waals surface area contributed by atoms with Gasteiger partial charge in [-0.1, -0.05) is 12.2 Å². The van der Waals surface area contributed by atoms with E-state index in [0.717, 1.165) is 6.42 Å². The first-order valence-corrected chi connectivity index (χ1v) is 8.10. The summed E-state index contributed by atoms with van der Waals surface area (Å²) in [6, 6.07) is 1.56. The molecule has 0 saturated heterocycles. The molecule has 1 aromatic rings. The quantitative estimate of drug-likeness (QED) is 0.667. The maximum Gasteiger partial charge on any atom is 0.174 e. The number of phenols is 1. The second-order valence-corrected chi connectivity index (χ2v) is 6.95. The number of aldehydes is 1. The number of benzene rings is 1. The van der Waals surface area contributed by atoms with Crippen LogP contribution in [0.1, 0.15) is 49.5 Å². The summed E-state index contributed by atoms with van der Waals surface area (Å²) in [5.41, 5.74) is -0.0294. The fourth-order valence-corrected chi connectivity index (χ4v) is 4.74. The van der Waals surface area contributed by atoms with E-state index in [9.17, 15) is 19.5 Å². The number of hydrogen-bond acceptors (Lipinski definition) is 5. The molecule has 2 bridgehead atoms. The molecule has 1 aromatic carbocycles. The van der Waals surface area contributed by atoms with Crippen molar-refractivity contribution in [2.75, 3.05) is 7.11 Å². The van der Waals surface area contributed by atoms with Crippen LogP contribution in [0, 0.1) is 24.7 Å². The molecule has 4 atom stereocenters. The number of ketones is 2. The second-order valence-electron chi connectivity index (χ2n) is 6.95. The Hall–Kier alpha value is -2.27. The van der Waals surface area contributed by atoms with Crippen molar-refractivity contribution in [2.24, 2.45) is 17.8 Å². The van der Waals surface area contributed by atoms with Gasteiger partial charge in [0, 0.05) is 18.6 Å². The van der Waals surface area contributed by atoms with Gasteiger partial charge in [0.2, 0.25) is 0 Å². The number of fused-ring (bicyclic) bond motifs is 2. The number of allylic oxidation sites excluding steroid dienone is 1. The second kappa shape index (κ2) is 4.86. The molecule has 5 rings (SSSR count). The van der Waals surface area contributed by atoms with E-state index in [1.807, 2.05) is 12.2 Å². The van der Waals surface area contributed by atoms with Gasteiger partial charge in [-0.05, 0) is 37.3 Å². The number of methoxy groups -OCH3 is 1. The summed E-state index contributed by atoms with van der Waals surface area (Å²) in [4.78, 5) is 37.6.